The van der Waals surface area contributed by atoms with E-state index in [9.17, 15) is 0 Å². The van der Waals surface area contributed by atoms with Gasteiger partial charge in [0.1, 0.15) is 0 Å². The van der Waals surface area contributed by atoms with Gasteiger partial charge in [-0.2, -0.15) is 0 Å². The molecule has 1 heteroatoms. The van der Waals surface area contributed by atoms with Gasteiger partial charge in [-0.25, -0.2) is 0 Å². The third-order valence-electron chi connectivity index (χ3n) is 6.03. The van der Waals surface area contributed by atoms with Gasteiger partial charge in [-0.05, 0) is 47.3 Å². The molecule has 104 valence electrons. The predicted molar refractivity (Wildman–Crippen MR) is 87.3 cm³/mol. The minimum Gasteiger partial charge on any atom is -0.0652 e. The Hall–Kier alpha value is -0.563. The van der Waals surface area contributed by atoms with E-state index in [4.69, 9.17) is 0 Å². The van der Waals surface area contributed by atoms with Crippen LogP contribution >= 0.6 is 0 Å². The topological polar surface area (TPSA) is 0 Å². The van der Waals surface area contributed by atoms with E-state index in [0.717, 1.165) is 0 Å². The molecule has 2 aliphatic rings. The van der Waals surface area contributed by atoms with Crippen LogP contribution < -0.4 is 5.19 Å². The largest absolute Gasteiger partial charge is 0.0845 e. The molecule has 0 amide bonds. The molecule has 0 nitrogen and oxygen atoms in total. The van der Waals surface area contributed by atoms with Crippen molar-refractivity contribution in [3.8, 4) is 0 Å². The molecule has 0 radical (unpaired) electrons. The second-order valence-electron chi connectivity index (χ2n) is 8.51. The highest BCUT2D eigenvalue weighted by atomic mass is 28.3. The molecule has 0 saturated heterocycles. The minimum absolute atomic E-state index is 0.384. The molecule has 0 fully saturated rings. The summed E-state index contributed by atoms with van der Waals surface area (Å²) in [7, 11) is -1.20. The van der Waals surface area contributed by atoms with Crippen molar-refractivity contribution < 1.29 is 0 Å². The predicted octanol–water partition coefficient (Wildman–Crippen LogP) is 4.64. The van der Waals surface area contributed by atoms with Crippen molar-refractivity contribution in [2.24, 2.45) is 0 Å². The molecular weight excluding hydrogens is 244 g/mol. The van der Waals surface area contributed by atoms with Crippen molar-refractivity contribution in [1.82, 2.24) is 0 Å². The van der Waals surface area contributed by atoms with E-state index >= 15 is 0 Å². The Balaban J connectivity index is 2.38. The van der Waals surface area contributed by atoms with Gasteiger partial charge >= 0.3 is 0 Å². The molecule has 0 bridgehead atoms. The van der Waals surface area contributed by atoms with Gasteiger partial charge in [0.2, 0.25) is 0 Å². The Morgan fingerprint density at radius 3 is 2.16 bits per heavy atom. The smallest absolute Gasteiger partial charge is 0.0652 e. The second-order valence-corrected chi connectivity index (χ2v) is 13.1. The molecule has 19 heavy (non-hydrogen) atoms. The van der Waals surface area contributed by atoms with Crippen molar-refractivity contribution in [1.29, 1.82) is 0 Å². The quantitative estimate of drug-likeness (QED) is 0.603. The Morgan fingerprint density at radius 2 is 1.53 bits per heavy atom. The summed E-state index contributed by atoms with van der Waals surface area (Å²) in [6.45, 7) is 14.8. The van der Waals surface area contributed by atoms with Crippen LogP contribution in [0.25, 0.3) is 0 Å². The molecule has 1 atom stereocenters. The molecule has 0 aromatic heterocycles. The number of hydrogen-bond acceptors (Lipinski definition) is 0. The lowest BCUT2D eigenvalue weighted by Crippen LogP contribution is -2.59. The first-order valence-electron chi connectivity index (χ1n) is 7.82. The van der Waals surface area contributed by atoms with Crippen LogP contribution in [0.5, 0.6) is 0 Å². The van der Waals surface area contributed by atoms with E-state index in [1.54, 1.807) is 16.7 Å². The van der Waals surface area contributed by atoms with Gasteiger partial charge in [0.05, 0.1) is 8.07 Å². The lowest BCUT2D eigenvalue weighted by atomic mass is 9.74. The van der Waals surface area contributed by atoms with Crippen molar-refractivity contribution in [3.05, 3.63) is 28.8 Å². The minimum atomic E-state index is -1.20. The highest BCUT2D eigenvalue weighted by molar-refractivity contribution is 6.92. The average molecular weight is 273 g/mol. The molecule has 0 spiro atoms. The molecule has 1 aromatic carbocycles. The van der Waals surface area contributed by atoms with Gasteiger partial charge in [0, 0.05) is 0 Å². The third kappa shape index (κ3) is 1.77. The summed E-state index contributed by atoms with van der Waals surface area (Å²) >= 11 is 0. The molecule has 2 aliphatic heterocycles. The number of rotatable bonds is 0. The second kappa shape index (κ2) is 3.75. The Bertz CT molecular complexity index is 535. The lowest BCUT2D eigenvalue weighted by Gasteiger charge is -2.50. The van der Waals surface area contributed by atoms with Gasteiger partial charge in [0.25, 0.3) is 0 Å². The molecule has 0 N–H and O–H groups in total. The summed E-state index contributed by atoms with van der Waals surface area (Å²) < 4.78 is 0. The molecule has 3 rings (SSSR count). The van der Waals surface area contributed by atoms with Crippen LogP contribution in [-0.4, -0.2) is 8.07 Å². The monoisotopic (exact) mass is 272 g/mol. The van der Waals surface area contributed by atoms with Gasteiger partial charge in [0.15, 0.2) is 0 Å². The van der Waals surface area contributed by atoms with E-state index in [1.807, 2.05) is 5.19 Å². The molecular formula is C18H28Si. The first-order chi connectivity index (χ1) is 8.67. The third-order valence-corrected chi connectivity index (χ3v) is 10.5. The SMILES string of the molecule is Cc1ccc2c3c1C(C)(C)CC[Si]3(C)CCC2(C)C. The van der Waals surface area contributed by atoms with E-state index in [-0.39, 0.29) is 0 Å². The Morgan fingerprint density at radius 1 is 0.947 bits per heavy atom. The Labute approximate surface area is 119 Å². The number of aryl methyl sites for hydroxylation is 1. The van der Waals surface area contributed by atoms with Gasteiger partial charge in [-0.1, -0.05) is 63.6 Å². The summed E-state index contributed by atoms with van der Waals surface area (Å²) in [4.78, 5) is 0. The fourth-order valence-corrected chi connectivity index (χ4v) is 9.90. The van der Waals surface area contributed by atoms with E-state index in [2.05, 4.69) is 53.3 Å². The summed E-state index contributed by atoms with van der Waals surface area (Å²) in [6.07, 6.45) is 2.79. The van der Waals surface area contributed by atoms with Crippen molar-refractivity contribution >= 4 is 13.3 Å². The maximum Gasteiger partial charge on any atom is 0.0845 e. The molecule has 1 unspecified atom stereocenters. The summed E-state index contributed by atoms with van der Waals surface area (Å²) in [5, 5.41) is 1.86. The molecule has 2 heterocycles. The van der Waals surface area contributed by atoms with Crippen LogP contribution in [-0.2, 0) is 10.8 Å². The lowest BCUT2D eigenvalue weighted by molar-refractivity contribution is 0.464. The molecule has 0 saturated carbocycles. The zero-order chi connectivity index (χ0) is 14.1. The van der Waals surface area contributed by atoms with E-state index in [1.165, 1.54) is 24.9 Å². The van der Waals surface area contributed by atoms with Gasteiger partial charge < -0.3 is 0 Å². The molecule has 1 aromatic rings. The summed E-state index contributed by atoms with van der Waals surface area (Å²) in [5.74, 6) is 0. The zero-order valence-electron chi connectivity index (χ0n) is 13.5. The van der Waals surface area contributed by atoms with Crippen molar-refractivity contribution in [3.63, 3.8) is 0 Å². The van der Waals surface area contributed by atoms with Crippen LogP contribution in [0.15, 0.2) is 12.1 Å². The standard InChI is InChI=1S/C18H28Si/c1-13-7-8-14-16-15(13)18(4,5)10-12-19(16,6)11-9-17(14,2)3/h7-8H,9-12H2,1-6H3. The summed E-state index contributed by atoms with van der Waals surface area (Å²) in [6, 6.07) is 7.85. The first-order valence-corrected chi connectivity index (χ1v) is 10.7. The molecule has 0 aliphatic carbocycles. The Kier molecular flexibility index (Phi) is 2.65. The maximum atomic E-state index is 2.65. The van der Waals surface area contributed by atoms with E-state index < -0.39 is 8.07 Å². The van der Waals surface area contributed by atoms with Crippen LogP contribution in [0.4, 0.5) is 0 Å². The van der Waals surface area contributed by atoms with Crippen molar-refractivity contribution in [2.45, 2.75) is 76.9 Å². The van der Waals surface area contributed by atoms with Crippen LogP contribution in [0.1, 0.15) is 57.2 Å². The number of hydrogen-bond donors (Lipinski definition) is 0. The van der Waals surface area contributed by atoms with Gasteiger partial charge in [-0.3, -0.25) is 0 Å². The maximum absolute atomic E-state index is 2.65. The zero-order valence-corrected chi connectivity index (χ0v) is 14.5. The van der Waals surface area contributed by atoms with Crippen LogP contribution in [0, 0.1) is 6.92 Å². The van der Waals surface area contributed by atoms with Gasteiger partial charge in [-0.15, -0.1) is 0 Å². The fraction of sp³-hybridized carbons (Fsp3) is 0.667. The van der Waals surface area contributed by atoms with E-state index in [0.29, 0.717) is 10.8 Å². The fourth-order valence-electron chi connectivity index (χ4n) is 4.58. The first kappa shape index (κ1) is 13.4. The number of benzene rings is 1. The average Bonchev–Trinajstić information content (AvgIpc) is 2.31. The highest BCUT2D eigenvalue weighted by Crippen LogP contribution is 2.47. The van der Waals surface area contributed by atoms with Crippen LogP contribution in [0.2, 0.25) is 18.6 Å². The normalized spacial score (nSPS) is 30.8. The summed E-state index contributed by atoms with van der Waals surface area (Å²) in [5.41, 5.74) is 5.74. The van der Waals surface area contributed by atoms with Crippen LogP contribution in [0.3, 0.4) is 0 Å². The highest BCUT2D eigenvalue weighted by Gasteiger charge is 2.48. The van der Waals surface area contributed by atoms with Crippen molar-refractivity contribution in [2.75, 3.05) is 0 Å².